The summed E-state index contributed by atoms with van der Waals surface area (Å²) in [5.74, 6) is -0.479. The zero-order valence-electron chi connectivity index (χ0n) is 15.6. The minimum Gasteiger partial charge on any atom is -0.497 e. The van der Waals surface area contributed by atoms with Gasteiger partial charge in [-0.2, -0.15) is 15.6 Å². The molecule has 2 aromatic rings. The third kappa shape index (κ3) is 4.72. The van der Waals surface area contributed by atoms with Crippen molar-refractivity contribution in [1.29, 1.82) is 0 Å². The van der Waals surface area contributed by atoms with Crippen molar-refractivity contribution in [2.45, 2.75) is 10.9 Å². The molecule has 8 nitrogen and oxygen atoms in total. The number of hydrogen-bond acceptors (Lipinski definition) is 6. The van der Waals surface area contributed by atoms with Crippen LogP contribution in [0.3, 0.4) is 0 Å². The highest BCUT2D eigenvalue weighted by Gasteiger charge is 2.41. The Labute approximate surface area is 178 Å². The molecule has 0 spiro atoms. The largest absolute Gasteiger partial charge is 0.497 e. The van der Waals surface area contributed by atoms with Crippen LogP contribution >= 0.6 is 22.9 Å². The summed E-state index contributed by atoms with van der Waals surface area (Å²) in [4.78, 5) is 26.6. The summed E-state index contributed by atoms with van der Waals surface area (Å²) < 4.78 is 32.3. The van der Waals surface area contributed by atoms with Gasteiger partial charge >= 0.3 is 0 Å². The maximum absolute atomic E-state index is 13.1. The second-order valence-corrected chi connectivity index (χ2v) is 9.22. The average Bonchev–Trinajstić information content (AvgIpc) is 3.29. The summed E-state index contributed by atoms with van der Waals surface area (Å²) >= 11 is 6.90. The Bertz CT molecular complexity index is 964. The number of amides is 2. The van der Waals surface area contributed by atoms with Gasteiger partial charge in [0.15, 0.2) is 0 Å². The fraction of sp³-hybridized carbons (Fsp3) is 0.333. The van der Waals surface area contributed by atoms with Gasteiger partial charge in [-0.3, -0.25) is 9.59 Å². The molecule has 156 valence electrons. The summed E-state index contributed by atoms with van der Waals surface area (Å²) in [6.45, 7) is 0.0969. The van der Waals surface area contributed by atoms with Crippen molar-refractivity contribution in [3.05, 3.63) is 41.1 Å². The molecular weight excluding hydrogens is 438 g/mol. The molecule has 0 unspecified atom stereocenters. The van der Waals surface area contributed by atoms with Crippen molar-refractivity contribution < 1.29 is 22.7 Å². The van der Waals surface area contributed by atoms with Crippen LogP contribution in [0.4, 0.5) is 5.69 Å². The molecule has 1 aliphatic rings. The molecule has 29 heavy (non-hydrogen) atoms. The Hall–Kier alpha value is -2.14. The first-order valence-electron chi connectivity index (χ1n) is 8.69. The predicted octanol–water partition coefficient (Wildman–Crippen LogP) is 1.84. The molecule has 11 heteroatoms. The van der Waals surface area contributed by atoms with Crippen LogP contribution < -0.4 is 10.1 Å². The van der Waals surface area contributed by atoms with Crippen LogP contribution in [0.25, 0.3) is 0 Å². The van der Waals surface area contributed by atoms with E-state index in [0.29, 0.717) is 11.4 Å². The van der Waals surface area contributed by atoms with Crippen LogP contribution in [0.1, 0.15) is 0 Å². The number of methoxy groups -OCH3 is 1. The van der Waals surface area contributed by atoms with Crippen LogP contribution in [-0.4, -0.2) is 68.1 Å². The zero-order valence-corrected chi connectivity index (χ0v) is 18.0. The van der Waals surface area contributed by atoms with Gasteiger partial charge in [0.2, 0.25) is 21.8 Å². The van der Waals surface area contributed by atoms with Crippen molar-refractivity contribution in [2.75, 3.05) is 37.9 Å². The monoisotopic (exact) mass is 457 g/mol. The molecule has 0 radical (unpaired) electrons. The maximum Gasteiger partial charge on any atom is 0.244 e. The molecule has 2 amide bonds. The van der Waals surface area contributed by atoms with Crippen molar-refractivity contribution in [3.8, 4) is 5.75 Å². The molecule has 3 rings (SSSR count). The summed E-state index contributed by atoms with van der Waals surface area (Å²) in [5.41, 5.74) is 0.490. The summed E-state index contributed by atoms with van der Waals surface area (Å²) in [5, 5.41) is 5.90. The van der Waals surface area contributed by atoms with E-state index in [0.717, 1.165) is 4.31 Å². The number of thiophene rings is 1. The molecule has 1 aromatic heterocycles. The number of carbonyl (C=O) groups excluding carboxylic acids is 2. The third-order valence-electron chi connectivity index (χ3n) is 4.56. The normalized spacial score (nSPS) is 17.7. The van der Waals surface area contributed by atoms with Crippen LogP contribution in [0.15, 0.2) is 46.0 Å². The second-order valence-electron chi connectivity index (χ2n) is 6.28. The number of anilines is 1. The average molecular weight is 458 g/mol. The maximum atomic E-state index is 13.1. The van der Waals surface area contributed by atoms with Gasteiger partial charge in [0.05, 0.1) is 12.0 Å². The number of nitrogens with one attached hydrogen (secondary N) is 1. The number of piperazine rings is 1. The zero-order chi connectivity index (χ0) is 21.0. The van der Waals surface area contributed by atoms with Gasteiger partial charge in [-0.05, 0) is 35.7 Å². The lowest BCUT2D eigenvalue weighted by Gasteiger charge is -2.39. The van der Waals surface area contributed by atoms with E-state index in [1.165, 1.54) is 34.8 Å². The number of halogens is 1. The molecule has 0 aliphatic carbocycles. The van der Waals surface area contributed by atoms with Gasteiger partial charge in [0, 0.05) is 30.7 Å². The van der Waals surface area contributed by atoms with Gasteiger partial charge in [0.1, 0.15) is 17.7 Å². The highest BCUT2D eigenvalue weighted by Crippen LogP contribution is 2.25. The summed E-state index contributed by atoms with van der Waals surface area (Å²) in [6.07, 6.45) is 0. The summed E-state index contributed by atoms with van der Waals surface area (Å²) in [7, 11) is -2.35. The van der Waals surface area contributed by atoms with Gasteiger partial charge in [0.25, 0.3) is 0 Å². The highest BCUT2D eigenvalue weighted by molar-refractivity contribution is 7.89. The SMILES string of the molecule is COc1ccc(NC(=O)[C@@H]2CN(C(=O)CCl)CCN2S(=O)(=O)c2ccsc2)cc1. The first-order valence-corrected chi connectivity index (χ1v) is 11.6. The topological polar surface area (TPSA) is 96.0 Å². The standard InChI is InChI=1S/C18H20ClN3O5S2/c1-27-14-4-2-13(3-5-14)20-18(24)16-11-21(17(23)10-19)7-8-22(16)29(25,26)15-6-9-28-12-15/h2-6,9,12,16H,7-8,10-11H2,1H3,(H,20,24)/t16-/m0/s1. The lowest BCUT2D eigenvalue weighted by molar-refractivity contribution is -0.132. The Morgan fingerprint density at radius 2 is 1.97 bits per heavy atom. The number of carbonyl (C=O) groups is 2. The highest BCUT2D eigenvalue weighted by atomic mass is 35.5. The molecule has 1 aromatic carbocycles. The molecule has 0 saturated carbocycles. The van der Waals surface area contributed by atoms with E-state index < -0.39 is 22.0 Å². The number of alkyl halides is 1. The van der Waals surface area contributed by atoms with Crippen LogP contribution in [-0.2, 0) is 19.6 Å². The van der Waals surface area contributed by atoms with Crippen molar-refractivity contribution in [1.82, 2.24) is 9.21 Å². The molecule has 1 fully saturated rings. The number of nitrogens with zero attached hydrogens (tertiary/aromatic N) is 2. The van der Waals surface area contributed by atoms with E-state index in [2.05, 4.69) is 5.32 Å². The quantitative estimate of drug-likeness (QED) is 0.667. The minimum atomic E-state index is -3.88. The molecule has 1 aliphatic heterocycles. The van der Waals surface area contributed by atoms with E-state index >= 15 is 0 Å². The van der Waals surface area contributed by atoms with E-state index in [1.54, 1.807) is 29.6 Å². The lowest BCUT2D eigenvalue weighted by atomic mass is 10.2. The molecule has 1 atom stereocenters. The summed E-state index contributed by atoms with van der Waals surface area (Å²) in [6, 6.07) is 7.08. The lowest BCUT2D eigenvalue weighted by Crippen LogP contribution is -2.60. The van der Waals surface area contributed by atoms with Crippen molar-refractivity contribution in [3.63, 3.8) is 0 Å². The van der Waals surface area contributed by atoms with Crippen LogP contribution in [0, 0.1) is 0 Å². The van der Waals surface area contributed by atoms with Crippen molar-refractivity contribution in [2.24, 2.45) is 0 Å². The number of ether oxygens (including phenoxy) is 1. The molecule has 1 N–H and O–H groups in total. The fourth-order valence-electron chi connectivity index (χ4n) is 3.01. The Morgan fingerprint density at radius 1 is 1.24 bits per heavy atom. The predicted molar refractivity (Wildman–Crippen MR) is 111 cm³/mol. The third-order valence-corrected chi connectivity index (χ3v) is 7.53. The molecular formula is C18H20ClN3O5S2. The fourth-order valence-corrected chi connectivity index (χ4v) is 5.77. The van der Waals surface area contributed by atoms with Gasteiger partial charge in [-0.25, -0.2) is 8.42 Å². The van der Waals surface area contributed by atoms with Crippen molar-refractivity contribution >= 4 is 50.5 Å². The Kier molecular flexibility index (Phi) is 6.78. The molecule has 0 bridgehead atoms. The Balaban J connectivity index is 1.87. The molecule has 2 heterocycles. The van der Waals surface area contributed by atoms with Crippen LogP contribution in [0.5, 0.6) is 5.75 Å². The van der Waals surface area contributed by atoms with E-state index in [1.807, 2.05) is 0 Å². The van der Waals surface area contributed by atoms with E-state index in [4.69, 9.17) is 16.3 Å². The Morgan fingerprint density at radius 3 is 2.55 bits per heavy atom. The van der Waals surface area contributed by atoms with Gasteiger partial charge in [-0.1, -0.05) is 0 Å². The molecule has 1 saturated heterocycles. The minimum absolute atomic E-state index is 0.00150. The number of benzene rings is 1. The second kappa shape index (κ2) is 9.12. The number of sulfonamides is 1. The first-order chi connectivity index (χ1) is 13.9. The van der Waals surface area contributed by atoms with E-state index in [9.17, 15) is 18.0 Å². The first kappa shape index (κ1) is 21.6. The number of hydrogen-bond donors (Lipinski definition) is 1. The number of rotatable bonds is 6. The van der Waals surface area contributed by atoms with Crippen LogP contribution in [0.2, 0.25) is 0 Å². The van der Waals surface area contributed by atoms with E-state index in [-0.39, 0.29) is 36.3 Å². The van der Waals surface area contributed by atoms with Gasteiger partial charge < -0.3 is 15.0 Å². The smallest absolute Gasteiger partial charge is 0.244 e. The van der Waals surface area contributed by atoms with Gasteiger partial charge in [-0.15, -0.1) is 11.6 Å².